The molecule has 1 aromatic rings. The highest BCUT2D eigenvalue weighted by Gasteiger charge is 2.10. The third-order valence-electron chi connectivity index (χ3n) is 2.60. The molecule has 0 aliphatic rings. The Labute approximate surface area is 109 Å². The molecule has 1 heterocycles. The third-order valence-corrected chi connectivity index (χ3v) is 2.79. The summed E-state index contributed by atoms with van der Waals surface area (Å²) in [7, 11) is 0. The lowest BCUT2D eigenvalue weighted by Gasteiger charge is -2.21. The molecule has 0 bridgehead atoms. The van der Waals surface area contributed by atoms with Gasteiger partial charge in [0.1, 0.15) is 10.7 Å². The van der Waals surface area contributed by atoms with Gasteiger partial charge in [0.2, 0.25) is 0 Å². The number of thiocarbonyl (C=S) groups is 1. The van der Waals surface area contributed by atoms with Gasteiger partial charge in [-0.3, -0.25) is 9.88 Å². The highest BCUT2D eigenvalue weighted by Crippen LogP contribution is 2.10. The van der Waals surface area contributed by atoms with Crippen LogP contribution in [-0.4, -0.2) is 28.0 Å². The van der Waals surface area contributed by atoms with Crippen molar-refractivity contribution in [1.29, 1.82) is 0 Å². The van der Waals surface area contributed by atoms with E-state index >= 15 is 0 Å². The standard InChI is InChI=1S/C13H21N3S/c1-3-8-16(9-4-2)10-11-6-5-7-15-12(11)13(14)17/h5-7H,3-4,8-10H2,1-2H3,(H2,14,17). The van der Waals surface area contributed by atoms with Gasteiger partial charge in [-0.25, -0.2) is 0 Å². The number of nitrogens with zero attached hydrogens (tertiary/aromatic N) is 2. The van der Waals surface area contributed by atoms with Crippen LogP contribution in [0, 0.1) is 0 Å². The molecule has 1 rings (SSSR count). The monoisotopic (exact) mass is 251 g/mol. The maximum atomic E-state index is 5.69. The fraction of sp³-hybridized carbons (Fsp3) is 0.538. The predicted molar refractivity (Wildman–Crippen MR) is 76.0 cm³/mol. The number of hydrogen-bond donors (Lipinski definition) is 1. The number of aromatic nitrogens is 1. The molecule has 0 fully saturated rings. The first-order chi connectivity index (χ1) is 8.19. The molecule has 1 aromatic heterocycles. The van der Waals surface area contributed by atoms with Crippen LogP contribution in [0.15, 0.2) is 18.3 Å². The van der Waals surface area contributed by atoms with E-state index in [9.17, 15) is 0 Å². The molecule has 0 saturated heterocycles. The Hall–Kier alpha value is -1.00. The van der Waals surface area contributed by atoms with E-state index in [2.05, 4.69) is 29.8 Å². The van der Waals surface area contributed by atoms with Gasteiger partial charge in [-0.05, 0) is 37.6 Å². The maximum Gasteiger partial charge on any atom is 0.123 e. The molecule has 0 atom stereocenters. The molecule has 17 heavy (non-hydrogen) atoms. The molecular weight excluding hydrogens is 230 g/mol. The Morgan fingerprint density at radius 3 is 2.53 bits per heavy atom. The molecule has 4 heteroatoms. The zero-order chi connectivity index (χ0) is 12.7. The first kappa shape index (κ1) is 14.1. The Morgan fingerprint density at radius 1 is 1.35 bits per heavy atom. The van der Waals surface area contributed by atoms with Crippen molar-refractivity contribution < 1.29 is 0 Å². The minimum atomic E-state index is 0.383. The molecule has 0 aliphatic heterocycles. The van der Waals surface area contributed by atoms with Crippen LogP contribution in [0.2, 0.25) is 0 Å². The van der Waals surface area contributed by atoms with E-state index in [1.807, 2.05) is 6.07 Å². The number of pyridine rings is 1. The SMILES string of the molecule is CCCN(CCC)Cc1cccnc1C(N)=S. The zero-order valence-electron chi connectivity index (χ0n) is 10.6. The summed E-state index contributed by atoms with van der Waals surface area (Å²) >= 11 is 5.03. The molecule has 94 valence electrons. The molecule has 0 unspecified atom stereocenters. The summed E-state index contributed by atoms with van der Waals surface area (Å²) in [5, 5.41) is 0. The molecule has 0 spiro atoms. The van der Waals surface area contributed by atoms with Gasteiger partial charge in [-0.15, -0.1) is 0 Å². The molecular formula is C13H21N3S. The van der Waals surface area contributed by atoms with Crippen molar-refractivity contribution in [3.05, 3.63) is 29.6 Å². The van der Waals surface area contributed by atoms with Gasteiger partial charge >= 0.3 is 0 Å². The lowest BCUT2D eigenvalue weighted by molar-refractivity contribution is 0.266. The largest absolute Gasteiger partial charge is 0.388 e. The molecule has 2 N–H and O–H groups in total. The van der Waals surface area contributed by atoms with Crippen LogP contribution in [0.3, 0.4) is 0 Å². The Balaban J connectivity index is 2.80. The maximum absolute atomic E-state index is 5.69. The first-order valence-corrected chi connectivity index (χ1v) is 6.55. The zero-order valence-corrected chi connectivity index (χ0v) is 11.5. The first-order valence-electron chi connectivity index (χ1n) is 6.15. The van der Waals surface area contributed by atoms with Gasteiger partial charge in [-0.2, -0.15) is 0 Å². The predicted octanol–water partition coefficient (Wildman–Crippen LogP) is 2.34. The summed E-state index contributed by atoms with van der Waals surface area (Å²) < 4.78 is 0. The Bertz CT molecular complexity index is 359. The normalized spacial score (nSPS) is 10.8. The van der Waals surface area contributed by atoms with Gasteiger partial charge in [-0.1, -0.05) is 32.1 Å². The second kappa shape index (κ2) is 7.35. The Kier molecular flexibility index (Phi) is 6.08. The summed E-state index contributed by atoms with van der Waals surface area (Å²) in [5.41, 5.74) is 7.58. The fourth-order valence-corrected chi connectivity index (χ4v) is 2.12. The van der Waals surface area contributed by atoms with E-state index < -0.39 is 0 Å². The molecule has 0 aromatic carbocycles. The van der Waals surface area contributed by atoms with E-state index in [1.165, 1.54) is 0 Å². The summed E-state index contributed by atoms with van der Waals surface area (Å²) in [6.45, 7) is 7.46. The van der Waals surface area contributed by atoms with E-state index in [0.717, 1.165) is 43.7 Å². The highest BCUT2D eigenvalue weighted by atomic mass is 32.1. The summed E-state index contributed by atoms with van der Waals surface area (Å²) in [6, 6.07) is 3.99. The lowest BCUT2D eigenvalue weighted by Crippen LogP contribution is -2.27. The quantitative estimate of drug-likeness (QED) is 0.755. The molecule has 3 nitrogen and oxygen atoms in total. The fourth-order valence-electron chi connectivity index (χ4n) is 1.93. The second-order valence-electron chi connectivity index (χ2n) is 4.15. The van der Waals surface area contributed by atoms with Crippen LogP contribution in [0.25, 0.3) is 0 Å². The van der Waals surface area contributed by atoms with Gasteiger partial charge in [0.25, 0.3) is 0 Å². The lowest BCUT2D eigenvalue weighted by atomic mass is 10.1. The van der Waals surface area contributed by atoms with Crippen LogP contribution >= 0.6 is 12.2 Å². The van der Waals surface area contributed by atoms with E-state index in [-0.39, 0.29) is 0 Å². The smallest absolute Gasteiger partial charge is 0.123 e. The Morgan fingerprint density at radius 2 is 2.00 bits per heavy atom. The average molecular weight is 251 g/mol. The molecule has 0 aliphatic carbocycles. The average Bonchev–Trinajstić information content (AvgIpc) is 2.30. The number of nitrogens with two attached hydrogens (primary N) is 1. The van der Waals surface area contributed by atoms with Crippen molar-refractivity contribution >= 4 is 17.2 Å². The minimum absolute atomic E-state index is 0.383. The number of hydrogen-bond acceptors (Lipinski definition) is 3. The van der Waals surface area contributed by atoms with Crippen LogP contribution in [0.5, 0.6) is 0 Å². The van der Waals surface area contributed by atoms with Gasteiger partial charge < -0.3 is 5.73 Å². The van der Waals surface area contributed by atoms with Crippen molar-refractivity contribution in [1.82, 2.24) is 9.88 Å². The molecule has 0 amide bonds. The van der Waals surface area contributed by atoms with Gasteiger partial charge in [0.05, 0.1) is 0 Å². The van der Waals surface area contributed by atoms with Crippen molar-refractivity contribution in [2.45, 2.75) is 33.2 Å². The highest BCUT2D eigenvalue weighted by molar-refractivity contribution is 7.80. The topological polar surface area (TPSA) is 42.2 Å². The second-order valence-corrected chi connectivity index (χ2v) is 4.59. The van der Waals surface area contributed by atoms with Crippen molar-refractivity contribution in [3.63, 3.8) is 0 Å². The van der Waals surface area contributed by atoms with Crippen LogP contribution in [-0.2, 0) is 6.54 Å². The van der Waals surface area contributed by atoms with Gasteiger partial charge in [0, 0.05) is 12.7 Å². The summed E-state index contributed by atoms with van der Waals surface area (Å²) in [4.78, 5) is 7.06. The van der Waals surface area contributed by atoms with Gasteiger partial charge in [0.15, 0.2) is 0 Å². The van der Waals surface area contributed by atoms with Crippen molar-refractivity contribution in [3.8, 4) is 0 Å². The van der Waals surface area contributed by atoms with Crippen LogP contribution in [0.4, 0.5) is 0 Å². The van der Waals surface area contributed by atoms with E-state index in [4.69, 9.17) is 18.0 Å². The number of rotatable bonds is 7. The van der Waals surface area contributed by atoms with Crippen molar-refractivity contribution in [2.75, 3.05) is 13.1 Å². The minimum Gasteiger partial charge on any atom is -0.388 e. The van der Waals surface area contributed by atoms with E-state index in [0.29, 0.717) is 4.99 Å². The van der Waals surface area contributed by atoms with Crippen LogP contribution < -0.4 is 5.73 Å². The third kappa shape index (κ3) is 4.40. The summed E-state index contributed by atoms with van der Waals surface area (Å²) in [5.74, 6) is 0. The van der Waals surface area contributed by atoms with E-state index in [1.54, 1.807) is 6.20 Å². The summed E-state index contributed by atoms with van der Waals surface area (Å²) in [6.07, 6.45) is 4.05. The molecule has 0 radical (unpaired) electrons. The van der Waals surface area contributed by atoms with Crippen LogP contribution in [0.1, 0.15) is 37.9 Å². The molecule has 0 saturated carbocycles. The van der Waals surface area contributed by atoms with Crippen molar-refractivity contribution in [2.24, 2.45) is 5.73 Å².